The molecule has 0 radical (unpaired) electrons. The number of nitrogens with zero attached hydrogens (tertiary/aromatic N) is 1. The number of nitrogens with one attached hydrogen (secondary N) is 1. The summed E-state index contributed by atoms with van der Waals surface area (Å²) >= 11 is 0. The van der Waals surface area contributed by atoms with E-state index in [1.807, 2.05) is 52.0 Å². The van der Waals surface area contributed by atoms with Crippen LogP contribution in [0, 0.1) is 6.92 Å². The monoisotopic (exact) mass is 404 g/mol. The van der Waals surface area contributed by atoms with E-state index in [0.717, 1.165) is 21.7 Å². The SMILES string of the molecule is Cc1ccc(C(C)NC(=O)CN(c2ccc(OC(C)C)cc2)S(C)(=O)=O)cc1. The van der Waals surface area contributed by atoms with Crippen LogP contribution in [0.4, 0.5) is 5.69 Å². The lowest BCUT2D eigenvalue weighted by atomic mass is 10.1. The van der Waals surface area contributed by atoms with E-state index in [9.17, 15) is 13.2 Å². The Hall–Kier alpha value is -2.54. The Bertz CT molecular complexity index is 891. The summed E-state index contributed by atoms with van der Waals surface area (Å²) in [6, 6.07) is 14.3. The lowest BCUT2D eigenvalue weighted by molar-refractivity contribution is -0.120. The van der Waals surface area contributed by atoms with Gasteiger partial charge in [0.05, 0.1) is 24.1 Å². The van der Waals surface area contributed by atoms with E-state index >= 15 is 0 Å². The number of hydrogen-bond acceptors (Lipinski definition) is 4. The summed E-state index contributed by atoms with van der Waals surface area (Å²) in [7, 11) is -3.62. The summed E-state index contributed by atoms with van der Waals surface area (Å²) in [5.74, 6) is 0.269. The zero-order chi connectivity index (χ0) is 20.9. The van der Waals surface area contributed by atoms with Crippen LogP contribution in [0.15, 0.2) is 48.5 Å². The van der Waals surface area contributed by atoms with E-state index in [4.69, 9.17) is 4.74 Å². The molecule has 6 nitrogen and oxygen atoms in total. The smallest absolute Gasteiger partial charge is 0.241 e. The zero-order valence-electron chi connectivity index (χ0n) is 17.0. The molecule has 152 valence electrons. The minimum Gasteiger partial charge on any atom is -0.491 e. The molecule has 1 N–H and O–H groups in total. The molecule has 0 aliphatic heterocycles. The number of carbonyl (C=O) groups excluding carboxylic acids is 1. The van der Waals surface area contributed by atoms with Crippen LogP contribution < -0.4 is 14.4 Å². The minimum atomic E-state index is -3.62. The van der Waals surface area contributed by atoms with Gasteiger partial charge in [0.2, 0.25) is 15.9 Å². The van der Waals surface area contributed by atoms with Crippen molar-refractivity contribution in [3.8, 4) is 5.75 Å². The van der Waals surface area contributed by atoms with Crippen LogP contribution >= 0.6 is 0 Å². The van der Waals surface area contributed by atoms with Crippen molar-refractivity contribution >= 4 is 21.6 Å². The molecule has 0 saturated heterocycles. The highest BCUT2D eigenvalue weighted by Crippen LogP contribution is 2.22. The summed E-state index contributed by atoms with van der Waals surface area (Å²) in [6.45, 7) is 7.39. The van der Waals surface area contributed by atoms with Gasteiger partial charge in [-0.1, -0.05) is 29.8 Å². The quantitative estimate of drug-likeness (QED) is 0.731. The van der Waals surface area contributed by atoms with Crippen LogP contribution in [0.3, 0.4) is 0 Å². The van der Waals surface area contributed by atoms with Crippen molar-refractivity contribution in [1.29, 1.82) is 0 Å². The van der Waals surface area contributed by atoms with Gasteiger partial charge < -0.3 is 10.1 Å². The molecule has 0 aliphatic carbocycles. The number of benzene rings is 2. The van der Waals surface area contributed by atoms with Crippen LogP contribution in [0.25, 0.3) is 0 Å². The fraction of sp³-hybridized carbons (Fsp3) is 0.381. The first-order valence-electron chi connectivity index (χ1n) is 9.16. The third kappa shape index (κ3) is 6.27. The average molecular weight is 405 g/mol. The van der Waals surface area contributed by atoms with Gasteiger partial charge in [0.1, 0.15) is 12.3 Å². The van der Waals surface area contributed by atoms with Gasteiger partial charge in [0, 0.05) is 0 Å². The number of carbonyl (C=O) groups is 1. The van der Waals surface area contributed by atoms with Gasteiger partial charge in [0.25, 0.3) is 0 Å². The number of ether oxygens (including phenoxy) is 1. The van der Waals surface area contributed by atoms with Crippen molar-refractivity contribution in [1.82, 2.24) is 5.32 Å². The Morgan fingerprint density at radius 3 is 2.11 bits per heavy atom. The van der Waals surface area contributed by atoms with Gasteiger partial charge >= 0.3 is 0 Å². The zero-order valence-corrected chi connectivity index (χ0v) is 17.8. The predicted octanol–water partition coefficient (Wildman–Crippen LogP) is 3.43. The van der Waals surface area contributed by atoms with Gasteiger partial charge in [-0.3, -0.25) is 9.10 Å². The van der Waals surface area contributed by atoms with Crippen molar-refractivity contribution < 1.29 is 17.9 Å². The molecule has 2 aromatic rings. The van der Waals surface area contributed by atoms with Gasteiger partial charge in [-0.05, 0) is 57.5 Å². The molecule has 0 bridgehead atoms. The highest BCUT2D eigenvalue weighted by Gasteiger charge is 2.22. The summed E-state index contributed by atoms with van der Waals surface area (Å²) in [6.07, 6.45) is 1.10. The molecule has 2 rings (SSSR count). The Morgan fingerprint density at radius 1 is 1.04 bits per heavy atom. The van der Waals surface area contributed by atoms with Crippen molar-refractivity contribution in [3.63, 3.8) is 0 Å². The summed E-state index contributed by atoms with van der Waals surface area (Å²) < 4.78 is 31.1. The summed E-state index contributed by atoms with van der Waals surface area (Å²) in [4.78, 5) is 12.5. The average Bonchev–Trinajstić information content (AvgIpc) is 2.59. The fourth-order valence-corrected chi connectivity index (χ4v) is 3.58. The lowest BCUT2D eigenvalue weighted by Crippen LogP contribution is -2.41. The third-order valence-corrected chi connectivity index (χ3v) is 5.28. The van der Waals surface area contributed by atoms with E-state index in [1.54, 1.807) is 24.3 Å². The molecule has 28 heavy (non-hydrogen) atoms. The predicted molar refractivity (Wildman–Crippen MR) is 112 cm³/mol. The van der Waals surface area contributed by atoms with Crippen LogP contribution in [-0.4, -0.2) is 33.2 Å². The first-order chi connectivity index (χ1) is 13.1. The van der Waals surface area contributed by atoms with Gasteiger partial charge in [-0.15, -0.1) is 0 Å². The molecule has 0 aromatic heterocycles. The Labute approximate surface area is 167 Å². The molecule has 0 aliphatic rings. The van der Waals surface area contributed by atoms with Gasteiger partial charge in [-0.25, -0.2) is 8.42 Å². The molecule has 2 aromatic carbocycles. The maximum atomic E-state index is 12.5. The second-order valence-corrected chi connectivity index (χ2v) is 9.04. The third-order valence-electron chi connectivity index (χ3n) is 4.14. The first kappa shape index (κ1) is 21.8. The van der Waals surface area contributed by atoms with Crippen LogP contribution in [0.2, 0.25) is 0 Å². The molecule has 0 spiro atoms. The molecule has 7 heteroatoms. The Kier molecular flexibility index (Phi) is 7.07. The summed E-state index contributed by atoms with van der Waals surface area (Å²) in [5, 5.41) is 2.86. The molecule has 1 amide bonds. The molecule has 0 saturated carbocycles. The fourth-order valence-electron chi connectivity index (χ4n) is 2.72. The largest absolute Gasteiger partial charge is 0.491 e. The van der Waals surface area contributed by atoms with Crippen LogP contribution in [0.5, 0.6) is 5.75 Å². The second kappa shape index (κ2) is 9.10. The number of hydrogen-bond donors (Lipinski definition) is 1. The molecule has 0 heterocycles. The standard InChI is InChI=1S/C21H28N2O4S/c1-15(2)27-20-12-10-19(11-13-20)23(28(5,25)26)14-21(24)22-17(4)18-8-6-16(3)7-9-18/h6-13,15,17H,14H2,1-5H3,(H,22,24). The van der Waals surface area contributed by atoms with Crippen LogP contribution in [-0.2, 0) is 14.8 Å². The van der Waals surface area contributed by atoms with Gasteiger partial charge in [-0.2, -0.15) is 0 Å². The first-order valence-corrected chi connectivity index (χ1v) is 11.0. The van der Waals surface area contributed by atoms with Crippen molar-refractivity contribution in [2.45, 2.75) is 39.8 Å². The van der Waals surface area contributed by atoms with Gasteiger partial charge in [0.15, 0.2) is 0 Å². The number of sulfonamides is 1. The minimum absolute atomic E-state index is 0.0194. The maximum absolute atomic E-state index is 12.5. The maximum Gasteiger partial charge on any atom is 0.241 e. The lowest BCUT2D eigenvalue weighted by Gasteiger charge is -2.23. The molecule has 1 unspecified atom stereocenters. The van der Waals surface area contributed by atoms with E-state index in [1.165, 1.54) is 0 Å². The molecular formula is C21H28N2O4S. The number of rotatable bonds is 8. The van der Waals surface area contributed by atoms with E-state index in [0.29, 0.717) is 11.4 Å². The van der Waals surface area contributed by atoms with E-state index in [-0.39, 0.29) is 24.6 Å². The molecule has 1 atom stereocenters. The van der Waals surface area contributed by atoms with Crippen LogP contribution in [0.1, 0.15) is 37.9 Å². The summed E-state index contributed by atoms with van der Waals surface area (Å²) in [5.41, 5.74) is 2.51. The van der Waals surface area contributed by atoms with Crippen molar-refractivity contribution in [2.75, 3.05) is 17.1 Å². The topological polar surface area (TPSA) is 75.7 Å². The molecular weight excluding hydrogens is 376 g/mol. The van der Waals surface area contributed by atoms with Crippen molar-refractivity contribution in [3.05, 3.63) is 59.7 Å². The highest BCUT2D eigenvalue weighted by molar-refractivity contribution is 7.92. The highest BCUT2D eigenvalue weighted by atomic mass is 32.2. The van der Waals surface area contributed by atoms with E-state index < -0.39 is 10.0 Å². The number of anilines is 1. The van der Waals surface area contributed by atoms with E-state index in [2.05, 4.69) is 5.32 Å². The molecule has 0 fully saturated rings. The second-order valence-electron chi connectivity index (χ2n) is 7.13. The number of amides is 1. The Balaban J connectivity index is 2.11. The Morgan fingerprint density at radius 2 is 1.61 bits per heavy atom. The van der Waals surface area contributed by atoms with Crippen molar-refractivity contribution in [2.24, 2.45) is 0 Å². The normalized spacial score (nSPS) is 12.5. The number of aryl methyl sites for hydroxylation is 1.